The number of carbonyl (C=O) groups excluding carboxylic acids is 1. The molecular formula is C22H22N6O2S. The van der Waals surface area contributed by atoms with Crippen molar-refractivity contribution in [2.75, 3.05) is 29.9 Å². The Morgan fingerprint density at radius 3 is 2.65 bits per heavy atom. The van der Waals surface area contributed by atoms with E-state index in [4.69, 9.17) is 11.4 Å². The molecule has 1 atom stereocenters. The van der Waals surface area contributed by atoms with Gasteiger partial charge in [-0.2, -0.15) is 0 Å². The zero-order valence-electron chi connectivity index (χ0n) is 16.8. The van der Waals surface area contributed by atoms with Crippen LogP contribution in [0.25, 0.3) is 11.3 Å². The van der Waals surface area contributed by atoms with Gasteiger partial charge in [0, 0.05) is 18.7 Å². The standard InChI is InChI=1S/C22H22N6O2S/c1-2-20-26-27-22(31-20)25-21(30)24-18(14-29)16-10-8-15(9-11-16)17-6-5-7-19(23-17)28-12-3-4-13-28/h1,5-11,18,29H,3-4,12-14H2,(H2,24,25,27,30). The van der Waals surface area contributed by atoms with Crippen LogP contribution in [-0.2, 0) is 0 Å². The molecule has 4 rings (SSSR count). The number of benzene rings is 1. The fourth-order valence-electron chi connectivity index (χ4n) is 3.45. The number of amides is 2. The molecule has 2 aromatic heterocycles. The Morgan fingerprint density at radius 1 is 1.19 bits per heavy atom. The fraction of sp³-hybridized carbons (Fsp3) is 0.273. The second-order valence-electron chi connectivity index (χ2n) is 7.09. The zero-order valence-corrected chi connectivity index (χ0v) is 17.6. The first kappa shape index (κ1) is 20.8. The molecule has 3 aromatic rings. The Morgan fingerprint density at radius 2 is 1.97 bits per heavy atom. The summed E-state index contributed by atoms with van der Waals surface area (Å²) in [6.45, 7) is 1.84. The molecule has 0 spiro atoms. The number of pyridine rings is 1. The smallest absolute Gasteiger partial charge is 0.321 e. The van der Waals surface area contributed by atoms with Gasteiger partial charge in [0.15, 0.2) is 5.01 Å². The molecule has 1 aromatic carbocycles. The summed E-state index contributed by atoms with van der Waals surface area (Å²) in [7, 11) is 0. The van der Waals surface area contributed by atoms with Crippen molar-refractivity contribution >= 4 is 28.3 Å². The van der Waals surface area contributed by atoms with Crippen LogP contribution in [0.3, 0.4) is 0 Å². The zero-order chi connectivity index (χ0) is 21.6. The van der Waals surface area contributed by atoms with Gasteiger partial charge in [0.25, 0.3) is 0 Å². The monoisotopic (exact) mass is 434 g/mol. The van der Waals surface area contributed by atoms with Gasteiger partial charge in [-0.05, 0) is 36.5 Å². The van der Waals surface area contributed by atoms with Gasteiger partial charge in [-0.1, -0.05) is 41.7 Å². The van der Waals surface area contributed by atoms with Gasteiger partial charge in [0.2, 0.25) is 5.13 Å². The van der Waals surface area contributed by atoms with Crippen molar-refractivity contribution in [2.45, 2.75) is 18.9 Å². The minimum atomic E-state index is -0.571. The van der Waals surface area contributed by atoms with E-state index in [1.54, 1.807) is 0 Å². The van der Waals surface area contributed by atoms with Gasteiger partial charge in [0.05, 0.1) is 18.3 Å². The fourth-order valence-corrected chi connectivity index (χ4v) is 4.00. The Hall–Kier alpha value is -3.48. The molecule has 0 aliphatic carbocycles. The number of hydrogen-bond acceptors (Lipinski definition) is 7. The topological polar surface area (TPSA) is 103 Å². The first-order valence-electron chi connectivity index (χ1n) is 9.97. The van der Waals surface area contributed by atoms with Crippen LogP contribution >= 0.6 is 11.3 Å². The Bertz CT molecular complexity index is 1090. The number of rotatable bonds is 6. The summed E-state index contributed by atoms with van der Waals surface area (Å²) in [6.07, 6.45) is 7.66. The highest BCUT2D eigenvalue weighted by molar-refractivity contribution is 7.15. The molecular weight excluding hydrogens is 412 g/mol. The van der Waals surface area contributed by atoms with Gasteiger partial charge in [0.1, 0.15) is 5.82 Å². The van der Waals surface area contributed by atoms with E-state index in [1.807, 2.05) is 42.5 Å². The first-order chi connectivity index (χ1) is 15.2. The lowest BCUT2D eigenvalue weighted by Gasteiger charge is -2.18. The van der Waals surface area contributed by atoms with E-state index in [-0.39, 0.29) is 6.61 Å². The van der Waals surface area contributed by atoms with E-state index in [1.165, 1.54) is 12.8 Å². The van der Waals surface area contributed by atoms with Crippen molar-refractivity contribution in [3.05, 3.63) is 53.0 Å². The highest BCUT2D eigenvalue weighted by Crippen LogP contribution is 2.25. The van der Waals surface area contributed by atoms with Crippen molar-refractivity contribution in [3.63, 3.8) is 0 Å². The molecule has 0 saturated carbocycles. The van der Waals surface area contributed by atoms with Crippen LogP contribution in [0.2, 0.25) is 0 Å². The molecule has 3 N–H and O–H groups in total. The lowest BCUT2D eigenvalue weighted by molar-refractivity contribution is 0.225. The summed E-state index contributed by atoms with van der Waals surface area (Å²) in [5.74, 6) is 3.36. The molecule has 3 heterocycles. The average Bonchev–Trinajstić information content (AvgIpc) is 3.50. The maximum absolute atomic E-state index is 12.2. The molecule has 8 nitrogen and oxygen atoms in total. The maximum Gasteiger partial charge on any atom is 0.321 e. The number of carbonyl (C=O) groups is 1. The van der Waals surface area contributed by atoms with Crippen LogP contribution in [0, 0.1) is 12.3 Å². The molecule has 9 heteroatoms. The number of nitrogens with zero attached hydrogens (tertiary/aromatic N) is 4. The SMILES string of the molecule is C#Cc1nnc(NC(=O)NC(CO)c2ccc(-c3cccc(N4CCCC4)n3)cc2)s1. The highest BCUT2D eigenvalue weighted by atomic mass is 32.1. The largest absolute Gasteiger partial charge is 0.394 e. The summed E-state index contributed by atoms with van der Waals surface area (Å²) >= 11 is 1.10. The number of anilines is 2. The van der Waals surface area contributed by atoms with Crippen LogP contribution in [0.15, 0.2) is 42.5 Å². The lowest BCUT2D eigenvalue weighted by atomic mass is 10.0. The summed E-state index contributed by atoms with van der Waals surface area (Å²) < 4.78 is 0. The van der Waals surface area contributed by atoms with E-state index < -0.39 is 12.1 Å². The van der Waals surface area contributed by atoms with Crippen molar-refractivity contribution < 1.29 is 9.90 Å². The summed E-state index contributed by atoms with van der Waals surface area (Å²) in [6, 6.07) is 12.6. The molecule has 2 amide bonds. The maximum atomic E-state index is 12.2. The summed E-state index contributed by atoms with van der Waals surface area (Å²) in [5.41, 5.74) is 2.64. The summed E-state index contributed by atoms with van der Waals surface area (Å²) in [4.78, 5) is 19.3. The molecule has 1 aliphatic heterocycles. The Labute approximate surface area is 184 Å². The van der Waals surface area contributed by atoms with Crippen LogP contribution < -0.4 is 15.5 Å². The summed E-state index contributed by atoms with van der Waals surface area (Å²) in [5, 5.41) is 23.3. The Balaban J connectivity index is 1.43. The van der Waals surface area contributed by atoms with Crippen LogP contribution in [0.4, 0.5) is 15.7 Å². The number of urea groups is 1. The van der Waals surface area contributed by atoms with Gasteiger partial charge in [-0.25, -0.2) is 9.78 Å². The van der Waals surface area contributed by atoms with Crippen LogP contribution in [0.5, 0.6) is 0 Å². The third kappa shape index (κ3) is 4.99. The van der Waals surface area contributed by atoms with E-state index >= 15 is 0 Å². The molecule has 31 heavy (non-hydrogen) atoms. The number of aliphatic hydroxyl groups is 1. The molecule has 158 valence electrons. The second kappa shape index (κ2) is 9.55. The molecule has 0 radical (unpaired) electrons. The number of terminal acetylenes is 1. The third-order valence-electron chi connectivity index (χ3n) is 5.03. The molecule has 0 bridgehead atoms. The second-order valence-corrected chi connectivity index (χ2v) is 8.07. The number of aliphatic hydroxyl groups excluding tert-OH is 1. The normalized spacial score (nSPS) is 14.1. The van der Waals surface area contributed by atoms with Gasteiger partial charge in [-0.3, -0.25) is 5.32 Å². The van der Waals surface area contributed by atoms with Crippen molar-refractivity contribution in [2.24, 2.45) is 0 Å². The van der Waals surface area contributed by atoms with Crippen LogP contribution in [0.1, 0.15) is 29.5 Å². The van der Waals surface area contributed by atoms with E-state index in [2.05, 4.69) is 31.7 Å². The minimum absolute atomic E-state index is 0.249. The van der Waals surface area contributed by atoms with E-state index in [0.29, 0.717) is 10.1 Å². The van der Waals surface area contributed by atoms with E-state index in [0.717, 1.165) is 47.1 Å². The van der Waals surface area contributed by atoms with Gasteiger partial charge < -0.3 is 15.3 Å². The molecule has 1 aliphatic rings. The quantitative estimate of drug-likeness (QED) is 0.515. The lowest BCUT2D eigenvalue weighted by Crippen LogP contribution is -2.34. The van der Waals surface area contributed by atoms with Crippen molar-refractivity contribution in [1.82, 2.24) is 20.5 Å². The van der Waals surface area contributed by atoms with Crippen LogP contribution in [-0.4, -0.2) is 46.0 Å². The third-order valence-corrected chi connectivity index (χ3v) is 5.80. The predicted octanol–water partition coefficient (Wildman–Crippen LogP) is 3.04. The first-order valence-corrected chi connectivity index (χ1v) is 10.8. The van der Waals surface area contributed by atoms with Gasteiger partial charge in [-0.15, -0.1) is 16.6 Å². The van der Waals surface area contributed by atoms with E-state index in [9.17, 15) is 9.90 Å². The highest BCUT2D eigenvalue weighted by Gasteiger charge is 2.16. The minimum Gasteiger partial charge on any atom is -0.394 e. The number of nitrogens with one attached hydrogen (secondary N) is 2. The van der Waals surface area contributed by atoms with Gasteiger partial charge >= 0.3 is 6.03 Å². The average molecular weight is 435 g/mol. The van der Waals surface area contributed by atoms with Crippen molar-refractivity contribution in [1.29, 1.82) is 0 Å². The molecule has 1 fully saturated rings. The molecule has 1 unspecified atom stereocenters. The molecule has 1 saturated heterocycles. The predicted molar refractivity (Wildman–Crippen MR) is 121 cm³/mol. The van der Waals surface area contributed by atoms with Crippen molar-refractivity contribution in [3.8, 4) is 23.6 Å². The number of aromatic nitrogens is 3. The Kier molecular flexibility index (Phi) is 6.40. The number of hydrogen-bond donors (Lipinski definition) is 3.